The average molecular weight is 289 g/mol. The lowest BCUT2D eigenvalue weighted by atomic mass is 10.1. The molecule has 5 nitrogen and oxygen atoms in total. The van der Waals surface area contributed by atoms with Gasteiger partial charge in [-0.05, 0) is 38.5 Å². The molecule has 0 fully saturated rings. The number of nitrogens with one attached hydrogen (secondary N) is 2. The first-order valence-electron chi connectivity index (χ1n) is 6.97. The molecule has 0 spiro atoms. The maximum Gasteiger partial charge on any atom is 0.233 e. The Bertz CT molecular complexity index is 653. The normalized spacial score (nSPS) is 12.4. The second kappa shape index (κ2) is 6.10. The van der Waals surface area contributed by atoms with Crippen LogP contribution in [0.5, 0.6) is 0 Å². The molecule has 1 atom stereocenters. The van der Waals surface area contributed by atoms with E-state index in [9.17, 15) is 9.59 Å². The van der Waals surface area contributed by atoms with Gasteiger partial charge in [0.15, 0.2) is 11.5 Å². The Labute approximate surface area is 123 Å². The van der Waals surface area contributed by atoms with Gasteiger partial charge in [-0.15, -0.1) is 0 Å². The van der Waals surface area contributed by atoms with Crippen molar-refractivity contribution in [2.45, 2.75) is 27.3 Å². The van der Waals surface area contributed by atoms with Crippen LogP contribution in [0.2, 0.25) is 0 Å². The molecular weight excluding hydrogens is 268 g/mol. The first-order valence-corrected chi connectivity index (χ1v) is 6.97. The van der Waals surface area contributed by atoms with Gasteiger partial charge in [0.25, 0.3) is 0 Å². The highest BCUT2D eigenvalue weighted by Gasteiger charge is 2.22. The van der Waals surface area contributed by atoms with Crippen LogP contribution in [-0.2, 0) is 6.54 Å². The zero-order valence-electron chi connectivity index (χ0n) is 12.9. The van der Waals surface area contributed by atoms with Gasteiger partial charge < -0.3 is 14.3 Å². The summed E-state index contributed by atoms with van der Waals surface area (Å²) in [4.78, 5) is 28.1. The molecule has 2 rings (SSSR count). The Morgan fingerprint density at radius 1 is 1.33 bits per heavy atom. The van der Waals surface area contributed by atoms with Crippen LogP contribution in [0.3, 0.4) is 0 Å². The van der Waals surface area contributed by atoms with Crippen molar-refractivity contribution >= 4 is 11.6 Å². The summed E-state index contributed by atoms with van der Waals surface area (Å²) in [5, 5.41) is 0. The van der Waals surface area contributed by atoms with Gasteiger partial charge in [-0.1, -0.05) is 0 Å². The third kappa shape index (κ3) is 3.31. The lowest BCUT2D eigenvalue weighted by molar-refractivity contribution is -0.885. The van der Waals surface area contributed by atoms with Gasteiger partial charge >= 0.3 is 0 Å². The number of hydrogen-bond donors (Lipinski definition) is 2. The van der Waals surface area contributed by atoms with Crippen LogP contribution in [0.15, 0.2) is 22.8 Å². The number of aryl methyl sites for hydroxylation is 1. The average Bonchev–Trinajstić information content (AvgIpc) is 2.97. The minimum Gasteiger partial charge on any atom is -0.463 e. The second-order valence-electron chi connectivity index (χ2n) is 5.49. The Morgan fingerprint density at radius 2 is 2.05 bits per heavy atom. The molecular formula is C16H21N2O3+. The molecule has 112 valence electrons. The number of aromatic amines is 1. The van der Waals surface area contributed by atoms with Crippen LogP contribution in [0.1, 0.15) is 44.8 Å². The third-order valence-corrected chi connectivity index (χ3v) is 3.59. The number of furan rings is 1. The van der Waals surface area contributed by atoms with E-state index in [0.717, 1.165) is 21.9 Å². The summed E-state index contributed by atoms with van der Waals surface area (Å²) in [5.41, 5.74) is 2.67. The molecule has 1 unspecified atom stereocenters. The molecule has 2 aromatic rings. The summed E-state index contributed by atoms with van der Waals surface area (Å²) in [5.74, 6) is 0.841. The van der Waals surface area contributed by atoms with Crippen molar-refractivity contribution in [2.24, 2.45) is 0 Å². The van der Waals surface area contributed by atoms with E-state index in [2.05, 4.69) is 4.98 Å². The second-order valence-corrected chi connectivity index (χ2v) is 5.49. The number of rotatable bonds is 6. The number of aromatic nitrogens is 1. The predicted octanol–water partition coefficient (Wildman–Crippen LogP) is 1.32. The van der Waals surface area contributed by atoms with E-state index in [4.69, 9.17) is 4.42 Å². The molecule has 0 saturated heterocycles. The van der Waals surface area contributed by atoms with E-state index in [1.54, 1.807) is 6.26 Å². The van der Waals surface area contributed by atoms with Gasteiger partial charge in [-0.2, -0.15) is 0 Å². The van der Waals surface area contributed by atoms with Crippen molar-refractivity contribution in [1.82, 2.24) is 4.98 Å². The topological polar surface area (TPSA) is 67.5 Å². The number of H-pyrrole nitrogens is 1. The van der Waals surface area contributed by atoms with Crippen molar-refractivity contribution < 1.29 is 18.9 Å². The maximum atomic E-state index is 12.4. The van der Waals surface area contributed by atoms with Gasteiger partial charge in [0.2, 0.25) is 5.78 Å². The Morgan fingerprint density at radius 3 is 2.57 bits per heavy atom. The molecule has 0 saturated carbocycles. The van der Waals surface area contributed by atoms with Gasteiger partial charge in [0.1, 0.15) is 13.1 Å². The molecule has 0 aliphatic rings. The zero-order valence-corrected chi connectivity index (χ0v) is 12.9. The molecule has 0 bridgehead atoms. The molecule has 5 heteroatoms. The third-order valence-electron chi connectivity index (χ3n) is 3.59. The Kier molecular flexibility index (Phi) is 4.43. The number of hydrogen-bond acceptors (Lipinski definition) is 3. The van der Waals surface area contributed by atoms with Crippen LogP contribution in [0.4, 0.5) is 0 Å². The molecule has 0 aliphatic carbocycles. The summed E-state index contributed by atoms with van der Waals surface area (Å²) in [6.45, 7) is 6.15. The lowest BCUT2D eigenvalue weighted by Crippen LogP contribution is -3.08. The molecule has 21 heavy (non-hydrogen) atoms. The van der Waals surface area contributed by atoms with E-state index in [-0.39, 0.29) is 11.6 Å². The van der Waals surface area contributed by atoms with Gasteiger partial charge in [-0.25, -0.2) is 0 Å². The van der Waals surface area contributed by atoms with Crippen molar-refractivity contribution in [3.8, 4) is 0 Å². The highest BCUT2D eigenvalue weighted by atomic mass is 16.3. The highest BCUT2D eigenvalue weighted by molar-refractivity contribution is 6.03. The summed E-state index contributed by atoms with van der Waals surface area (Å²) in [7, 11) is 1.94. The standard InChI is InChI=1S/C16H20N2O3/c1-10-15(12(3)19)11(2)17-16(10)14(20)9-18(4)8-13-6-5-7-21-13/h5-7,17H,8-9H2,1-4H3/p+1. The van der Waals surface area contributed by atoms with Crippen molar-refractivity contribution in [1.29, 1.82) is 0 Å². The molecule has 0 aromatic carbocycles. The Hall–Kier alpha value is -2.14. The van der Waals surface area contributed by atoms with Crippen LogP contribution in [0.25, 0.3) is 0 Å². The quantitative estimate of drug-likeness (QED) is 0.788. The van der Waals surface area contributed by atoms with Crippen LogP contribution < -0.4 is 4.90 Å². The zero-order chi connectivity index (χ0) is 15.6. The van der Waals surface area contributed by atoms with Crippen molar-refractivity contribution in [2.75, 3.05) is 13.6 Å². The fourth-order valence-electron chi connectivity index (χ4n) is 2.69. The van der Waals surface area contributed by atoms with E-state index in [1.807, 2.05) is 33.0 Å². The fraction of sp³-hybridized carbons (Fsp3) is 0.375. The predicted molar refractivity (Wildman–Crippen MR) is 78.8 cm³/mol. The molecule has 0 aliphatic heterocycles. The maximum absolute atomic E-state index is 12.4. The van der Waals surface area contributed by atoms with Gasteiger partial charge in [0, 0.05) is 11.3 Å². The number of quaternary nitrogens is 1. The largest absolute Gasteiger partial charge is 0.463 e. The first kappa shape index (κ1) is 15.3. The molecule has 0 amide bonds. The number of ketones is 2. The lowest BCUT2D eigenvalue weighted by Gasteiger charge is -2.11. The summed E-state index contributed by atoms with van der Waals surface area (Å²) in [6, 6.07) is 3.73. The van der Waals surface area contributed by atoms with Gasteiger partial charge in [0.05, 0.1) is 19.0 Å². The molecule has 0 radical (unpaired) electrons. The summed E-state index contributed by atoms with van der Waals surface area (Å²) in [6.07, 6.45) is 1.63. The SMILES string of the molecule is CC(=O)c1c(C)[nH]c(C(=O)C[NH+](C)Cc2ccco2)c1C. The first-order chi connectivity index (χ1) is 9.90. The number of likely N-dealkylation sites (N-methyl/N-ethyl adjacent to an activating group) is 1. The van der Waals surface area contributed by atoms with Crippen LogP contribution >= 0.6 is 0 Å². The van der Waals surface area contributed by atoms with Crippen molar-refractivity contribution in [3.63, 3.8) is 0 Å². The Balaban J connectivity index is 2.10. The highest BCUT2D eigenvalue weighted by Crippen LogP contribution is 2.18. The fourth-order valence-corrected chi connectivity index (χ4v) is 2.69. The molecule has 2 aromatic heterocycles. The van der Waals surface area contributed by atoms with Gasteiger partial charge in [-0.3, -0.25) is 9.59 Å². The smallest absolute Gasteiger partial charge is 0.233 e. The monoisotopic (exact) mass is 289 g/mol. The van der Waals surface area contributed by atoms with E-state index in [1.165, 1.54) is 6.92 Å². The number of carbonyl (C=O) groups excluding carboxylic acids is 2. The number of carbonyl (C=O) groups is 2. The minimum absolute atomic E-state index is 0.00663. The van der Waals surface area contributed by atoms with Crippen LogP contribution in [0, 0.1) is 13.8 Å². The van der Waals surface area contributed by atoms with E-state index < -0.39 is 0 Å². The van der Waals surface area contributed by atoms with E-state index in [0.29, 0.717) is 24.3 Å². The molecule has 2 heterocycles. The van der Waals surface area contributed by atoms with E-state index >= 15 is 0 Å². The molecule has 2 N–H and O–H groups in total. The summed E-state index contributed by atoms with van der Waals surface area (Å²) < 4.78 is 5.29. The van der Waals surface area contributed by atoms with Crippen molar-refractivity contribution in [3.05, 3.63) is 46.7 Å². The number of Topliss-reactive ketones (excluding diaryl/α,β-unsaturated/α-hetero) is 2. The summed E-state index contributed by atoms with van der Waals surface area (Å²) >= 11 is 0. The minimum atomic E-state index is -0.0170. The van der Waals surface area contributed by atoms with Crippen LogP contribution in [-0.4, -0.2) is 30.1 Å².